The molecule has 0 unspecified atom stereocenters. The Labute approximate surface area is 132 Å². The van der Waals surface area contributed by atoms with Crippen LogP contribution in [0.2, 0.25) is 0 Å². The third-order valence-corrected chi connectivity index (χ3v) is 3.68. The fourth-order valence-corrected chi connectivity index (χ4v) is 2.36. The summed E-state index contributed by atoms with van der Waals surface area (Å²) in [5.41, 5.74) is 0. The summed E-state index contributed by atoms with van der Waals surface area (Å²) in [6.07, 6.45) is 20.4. The number of rotatable bonds is 15. The molecule has 0 aliphatic rings. The van der Waals surface area contributed by atoms with Crippen LogP contribution in [0, 0.1) is 0 Å². The van der Waals surface area contributed by atoms with E-state index in [1.165, 1.54) is 70.6 Å². The van der Waals surface area contributed by atoms with Crippen molar-refractivity contribution in [1.29, 1.82) is 0 Å². The third-order valence-electron chi connectivity index (χ3n) is 3.68. The first-order chi connectivity index (χ1) is 10.3. The number of unbranched alkanes of at least 4 members (excludes halogenated alkanes) is 11. The van der Waals surface area contributed by atoms with Crippen molar-refractivity contribution >= 4 is 5.97 Å². The first kappa shape index (κ1) is 20.2. The second kappa shape index (κ2) is 17.3. The maximum atomic E-state index is 11.2. The van der Waals surface area contributed by atoms with E-state index < -0.39 is 0 Å². The van der Waals surface area contributed by atoms with Gasteiger partial charge >= 0.3 is 5.97 Å². The van der Waals surface area contributed by atoms with Crippen LogP contribution in [-0.2, 0) is 9.53 Å². The summed E-state index contributed by atoms with van der Waals surface area (Å²) >= 11 is 0. The van der Waals surface area contributed by atoms with E-state index in [-0.39, 0.29) is 5.97 Å². The van der Waals surface area contributed by atoms with Gasteiger partial charge in [-0.3, -0.25) is 0 Å². The normalized spacial score (nSPS) is 11.1. The van der Waals surface area contributed by atoms with Gasteiger partial charge in [0.25, 0.3) is 0 Å². The lowest BCUT2D eigenvalue weighted by Crippen LogP contribution is -2.00. The van der Waals surface area contributed by atoms with Crippen molar-refractivity contribution in [3.8, 4) is 0 Å². The molecule has 0 heterocycles. The second-order valence-corrected chi connectivity index (χ2v) is 5.89. The molecule has 0 aliphatic carbocycles. The van der Waals surface area contributed by atoms with Crippen LogP contribution in [0.15, 0.2) is 12.2 Å². The minimum absolute atomic E-state index is 0.195. The Morgan fingerprint density at radius 3 is 1.81 bits per heavy atom. The van der Waals surface area contributed by atoms with Crippen LogP contribution in [-0.4, -0.2) is 12.6 Å². The highest BCUT2D eigenvalue weighted by Gasteiger charge is 1.95. The van der Waals surface area contributed by atoms with Crippen molar-refractivity contribution in [2.45, 2.75) is 97.3 Å². The van der Waals surface area contributed by atoms with E-state index in [2.05, 4.69) is 6.92 Å². The van der Waals surface area contributed by atoms with Crippen molar-refractivity contribution in [3.63, 3.8) is 0 Å². The molecule has 0 aromatic heterocycles. The largest absolute Gasteiger partial charge is 0.463 e. The molecule has 0 N–H and O–H groups in total. The summed E-state index contributed by atoms with van der Waals surface area (Å²) in [5.74, 6) is -0.195. The maximum absolute atomic E-state index is 11.2. The molecule has 2 nitrogen and oxygen atoms in total. The highest BCUT2D eigenvalue weighted by molar-refractivity contribution is 5.81. The van der Waals surface area contributed by atoms with E-state index in [0.29, 0.717) is 6.61 Å². The van der Waals surface area contributed by atoms with Crippen molar-refractivity contribution < 1.29 is 9.53 Å². The average Bonchev–Trinajstić information content (AvgIpc) is 2.49. The van der Waals surface area contributed by atoms with Crippen LogP contribution < -0.4 is 0 Å². The van der Waals surface area contributed by atoms with Gasteiger partial charge in [0.1, 0.15) is 0 Å². The lowest BCUT2D eigenvalue weighted by Gasteiger charge is -2.01. The van der Waals surface area contributed by atoms with Crippen molar-refractivity contribution in [2.24, 2.45) is 0 Å². The molecule has 0 saturated heterocycles. The molecule has 0 aliphatic heterocycles. The fourth-order valence-electron chi connectivity index (χ4n) is 2.36. The smallest absolute Gasteiger partial charge is 0.330 e. The van der Waals surface area contributed by atoms with Crippen LogP contribution in [0.5, 0.6) is 0 Å². The average molecular weight is 296 g/mol. The van der Waals surface area contributed by atoms with Crippen molar-refractivity contribution in [2.75, 3.05) is 6.61 Å². The Kier molecular flexibility index (Phi) is 16.6. The number of hydrogen-bond acceptors (Lipinski definition) is 2. The molecule has 0 spiro atoms. The SMILES string of the molecule is CCCCCCCCCCCCC/C=C/C(=O)OCCC. The molecule has 124 valence electrons. The molecule has 0 saturated carbocycles. The molecule has 0 radical (unpaired) electrons. The Balaban J connectivity index is 3.15. The summed E-state index contributed by atoms with van der Waals surface area (Å²) in [7, 11) is 0. The van der Waals surface area contributed by atoms with E-state index in [1.807, 2.05) is 13.0 Å². The molecule has 0 fully saturated rings. The first-order valence-corrected chi connectivity index (χ1v) is 9.14. The van der Waals surface area contributed by atoms with Crippen LogP contribution in [0.25, 0.3) is 0 Å². The number of esters is 1. The Bertz CT molecular complexity index is 246. The highest BCUT2D eigenvalue weighted by Crippen LogP contribution is 2.11. The van der Waals surface area contributed by atoms with Gasteiger partial charge in [0, 0.05) is 6.08 Å². The second-order valence-electron chi connectivity index (χ2n) is 5.89. The van der Waals surface area contributed by atoms with E-state index in [1.54, 1.807) is 6.08 Å². The molecule has 0 aromatic rings. The number of hydrogen-bond donors (Lipinski definition) is 0. The van der Waals surface area contributed by atoms with Gasteiger partial charge in [-0.05, 0) is 19.3 Å². The summed E-state index contributed by atoms with van der Waals surface area (Å²) in [5, 5.41) is 0. The Morgan fingerprint density at radius 1 is 0.762 bits per heavy atom. The van der Waals surface area contributed by atoms with Gasteiger partial charge < -0.3 is 4.74 Å². The predicted octanol–water partition coefficient (Wildman–Crippen LogP) is 6.20. The van der Waals surface area contributed by atoms with Crippen LogP contribution >= 0.6 is 0 Å². The molecule has 0 aromatic carbocycles. The number of ether oxygens (including phenoxy) is 1. The van der Waals surface area contributed by atoms with Gasteiger partial charge in [0.15, 0.2) is 0 Å². The molecule has 0 bridgehead atoms. The third kappa shape index (κ3) is 17.2. The van der Waals surface area contributed by atoms with Gasteiger partial charge in [-0.2, -0.15) is 0 Å². The summed E-state index contributed by atoms with van der Waals surface area (Å²) in [6.45, 7) is 4.80. The molecule has 21 heavy (non-hydrogen) atoms. The minimum atomic E-state index is -0.195. The van der Waals surface area contributed by atoms with Crippen LogP contribution in [0.3, 0.4) is 0 Å². The summed E-state index contributed by atoms with van der Waals surface area (Å²) < 4.78 is 4.97. The lowest BCUT2D eigenvalue weighted by atomic mass is 10.1. The number of carbonyl (C=O) groups is 1. The lowest BCUT2D eigenvalue weighted by molar-refractivity contribution is -0.137. The molecular weight excluding hydrogens is 260 g/mol. The van der Waals surface area contributed by atoms with E-state index in [0.717, 1.165) is 12.8 Å². The fraction of sp³-hybridized carbons (Fsp3) is 0.842. The summed E-state index contributed by atoms with van der Waals surface area (Å²) in [6, 6.07) is 0. The Hall–Kier alpha value is -0.790. The standard InChI is InChI=1S/C19H36O2/c1-3-5-6-7-8-9-10-11-12-13-14-15-16-17-19(20)21-18-4-2/h16-17H,3-15,18H2,1-2H3/b17-16+. The van der Waals surface area contributed by atoms with E-state index >= 15 is 0 Å². The van der Waals surface area contributed by atoms with Crippen LogP contribution in [0.4, 0.5) is 0 Å². The number of carbonyl (C=O) groups excluding carboxylic acids is 1. The molecule has 0 amide bonds. The van der Waals surface area contributed by atoms with Crippen molar-refractivity contribution in [1.82, 2.24) is 0 Å². The molecule has 0 rings (SSSR count). The predicted molar refractivity (Wildman–Crippen MR) is 91.5 cm³/mol. The highest BCUT2D eigenvalue weighted by atomic mass is 16.5. The van der Waals surface area contributed by atoms with Crippen molar-refractivity contribution in [3.05, 3.63) is 12.2 Å². The maximum Gasteiger partial charge on any atom is 0.330 e. The van der Waals surface area contributed by atoms with Gasteiger partial charge in [-0.15, -0.1) is 0 Å². The van der Waals surface area contributed by atoms with Gasteiger partial charge in [-0.1, -0.05) is 84.1 Å². The monoisotopic (exact) mass is 296 g/mol. The quantitative estimate of drug-likeness (QED) is 0.204. The zero-order valence-electron chi connectivity index (χ0n) is 14.4. The topological polar surface area (TPSA) is 26.3 Å². The van der Waals surface area contributed by atoms with Gasteiger partial charge in [-0.25, -0.2) is 4.79 Å². The van der Waals surface area contributed by atoms with Gasteiger partial charge in [0.2, 0.25) is 0 Å². The van der Waals surface area contributed by atoms with E-state index in [9.17, 15) is 4.79 Å². The molecular formula is C19H36O2. The summed E-state index contributed by atoms with van der Waals surface area (Å²) in [4.78, 5) is 11.2. The van der Waals surface area contributed by atoms with Gasteiger partial charge in [0.05, 0.1) is 6.61 Å². The number of allylic oxidation sites excluding steroid dienone is 1. The first-order valence-electron chi connectivity index (χ1n) is 9.14. The zero-order valence-corrected chi connectivity index (χ0v) is 14.4. The Morgan fingerprint density at radius 2 is 1.29 bits per heavy atom. The minimum Gasteiger partial charge on any atom is -0.463 e. The molecule has 0 atom stereocenters. The van der Waals surface area contributed by atoms with Crippen LogP contribution in [0.1, 0.15) is 97.3 Å². The van der Waals surface area contributed by atoms with E-state index in [4.69, 9.17) is 4.74 Å². The zero-order chi connectivity index (χ0) is 15.6. The molecule has 2 heteroatoms.